The highest BCUT2D eigenvalue weighted by atomic mass is 16.3. The first-order chi connectivity index (χ1) is 4.31. The van der Waals surface area contributed by atoms with E-state index in [1.807, 2.05) is 0 Å². The molecule has 1 atom stereocenters. The summed E-state index contributed by atoms with van der Waals surface area (Å²) < 4.78 is 0. The second-order valence-corrected chi connectivity index (χ2v) is 1.55. The fraction of sp³-hybridized carbons (Fsp3) is 0.600. The van der Waals surface area contributed by atoms with Crippen LogP contribution in [-0.2, 0) is 0 Å². The van der Waals surface area contributed by atoms with Crippen molar-refractivity contribution in [1.82, 2.24) is 0 Å². The second-order valence-electron chi connectivity index (χ2n) is 1.55. The SMILES string of the molecule is C=CC(O)CCN=[N+]=[N-]. The van der Waals surface area contributed by atoms with Gasteiger partial charge in [-0.1, -0.05) is 11.2 Å². The predicted molar refractivity (Wildman–Crippen MR) is 34.8 cm³/mol. The lowest BCUT2D eigenvalue weighted by Crippen LogP contribution is -2.02. The van der Waals surface area contributed by atoms with Crippen molar-refractivity contribution in [2.75, 3.05) is 6.54 Å². The molecule has 1 unspecified atom stereocenters. The van der Waals surface area contributed by atoms with Crippen molar-refractivity contribution in [2.24, 2.45) is 5.11 Å². The Kier molecular flexibility index (Phi) is 4.59. The molecule has 0 radical (unpaired) electrons. The molecule has 50 valence electrons. The third-order valence-corrected chi connectivity index (χ3v) is 0.860. The summed E-state index contributed by atoms with van der Waals surface area (Å²) in [5, 5.41) is 12.0. The van der Waals surface area contributed by atoms with Crippen molar-refractivity contribution in [3.05, 3.63) is 23.1 Å². The molecule has 0 heterocycles. The van der Waals surface area contributed by atoms with Gasteiger partial charge in [-0.2, -0.15) is 0 Å². The maximum absolute atomic E-state index is 8.78. The molecule has 0 aromatic rings. The summed E-state index contributed by atoms with van der Waals surface area (Å²) >= 11 is 0. The smallest absolute Gasteiger partial charge is 0.0719 e. The standard InChI is InChI=1S/C5H9N3O/c1-2-5(9)3-4-7-8-6/h2,5,9H,1,3-4H2. The van der Waals surface area contributed by atoms with Crippen LogP contribution >= 0.6 is 0 Å². The molecule has 0 fully saturated rings. The second kappa shape index (κ2) is 5.15. The summed E-state index contributed by atoms with van der Waals surface area (Å²) in [5.74, 6) is 0. The van der Waals surface area contributed by atoms with Crippen LogP contribution in [0.25, 0.3) is 10.4 Å². The van der Waals surface area contributed by atoms with Crippen LogP contribution in [0.2, 0.25) is 0 Å². The molecule has 1 N–H and O–H groups in total. The van der Waals surface area contributed by atoms with Gasteiger partial charge in [-0.15, -0.1) is 6.58 Å². The number of hydrogen-bond acceptors (Lipinski definition) is 2. The van der Waals surface area contributed by atoms with Gasteiger partial charge in [0.2, 0.25) is 0 Å². The van der Waals surface area contributed by atoms with Gasteiger partial charge in [0.05, 0.1) is 6.10 Å². The van der Waals surface area contributed by atoms with Crippen molar-refractivity contribution in [1.29, 1.82) is 0 Å². The summed E-state index contributed by atoms with van der Waals surface area (Å²) in [7, 11) is 0. The van der Waals surface area contributed by atoms with Crippen molar-refractivity contribution >= 4 is 0 Å². The molecular weight excluding hydrogens is 118 g/mol. The third-order valence-electron chi connectivity index (χ3n) is 0.860. The van der Waals surface area contributed by atoms with Crippen LogP contribution in [0, 0.1) is 0 Å². The molecule has 0 amide bonds. The summed E-state index contributed by atoms with van der Waals surface area (Å²) in [4.78, 5) is 2.52. The molecule has 9 heavy (non-hydrogen) atoms. The summed E-state index contributed by atoms with van der Waals surface area (Å²) in [6, 6.07) is 0. The maximum Gasteiger partial charge on any atom is 0.0719 e. The van der Waals surface area contributed by atoms with Crippen molar-refractivity contribution < 1.29 is 5.11 Å². The van der Waals surface area contributed by atoms with E-state index in [-0.39, 0.29) is 0 Å². The number of aliphatic hydroxyl groups excluding tert-OH is 1. The third kappa shape index (κ3) is 4.87. The Labute approximate surface area is 53.4 Å². The Morgan fingerprint density at radius 1 is 1.89 bits per heavy atom. The molecule has 0 spiro atoms. The number of aliphatic hydroxyl groups is 1. The number of nitrogens with zero attached hydrogens (tertiary/aromatic N) is 3. The van der Waals surface area contributed by atoms with Crippen LogP contribution in [-0.4, -0.2) is 17.8 Å². The van der Waals surface area contributed by atoms with E-state index in [0.717, 1.165) is 0 Å². The average molecular weight is 127 g/mol. The highest BCUT2D eigenvalue weighted by molar-refractivity contribution is 4.77. The highest BCUT2D eigenvalue weighted by Gasteiger charge is 1.93. The van der Waals surface area contributed by atoms with E-state index < -0.39 is 6.10 Å². The first-order valence-corrected chi connectivity index (χ1v) is 2.62. The van der Waals surface area contributed by atoms with Gasteiger partial charge in [-0.3, -0.25) is 0 Å². The molecule has 0 aliphatic rings. The van der Waals surface area contributed by atoms with E-state index in [2.05, 4.69) is 16.6 Å². The van der Waals surface area contributed by atoms with E-state index in [4.69, 9.17) is 10.6 Å². The van der Waals surface area contributed by atoms with Crippen LogP contribution in [0.5, 0.6) is 0 Å². The van der Waals surface area contributed by atoms with Crippen LogP contribution in [0.15, 0.2) is 17.8 Å². The van der Waals surface area contributed by atoms with Gasteiger partial charge in [0.15, 0.2) is 0 Å². The van der Waals surface area contributed by atoms with E-state index in [1.165, 1.54) is 6.08 Å². The minimum absolute atomic E-state index is 0.323. The Bertz CT molecular complexity index is 128. The normalized spacial score (nSPS) is 11.7. The topological polar surface area (TPSA) is 69.0 Å². The van der Waals surface area contributed by atoms with E-state index in [0.29, 0.717) is 13.0 Å². The fourth-order valence-corrected chi connectivity index (χ4v) is 0.353. The van der Waals surface area contributed by atoms with Gasteiger partial charge in [0.25, 0.3) is 0 Å². The molecular formula is C5H9N3O. The Balaban J connectivity index is 3.26. The number of azide groups is 1. The molecule has 0 aliphatic heterocycles. The van der Waals surface area contributed by atoms with Gasteiger partial charge in [-0.25, -0.2) is 0 Å². The summed E-state index contributed by atoms with van der Waals surface area (Å²) in [6.45, 7) is 3.68. The maximum atomic E-state index is 8.78. The lowest BCUT2D eigenvalue weighted by molar-refractivity contribution is 0.216. The van der Waals surface area contributed by atoms with Crippen LogP contribution < -0.4 is 0 Å². The first kappa shape index (κ1) is 8.01. The van der Waals surface area contributed by atoms with Crippen molar-refractivity contribution in [3.8, 4) is 0 Å². The molecule has 4 heteroatoms. The fourth-order valence-electron chi connectivity index (χ4n) is 0.353. The molecule has 0 rings (SSSR count). The van der Waals surface area contributed by atoms with Crippen molar-refractivity contribution in [2.45, 2.75) is 12.5 Å². The lowest BCUT2D eigenvalue weighted by atomic mass is 10.2. The van der Waals surface area contributed by atoms with Crippen LogP contribution in [0.4, 0.5) is 0 Å². The zero-order valence-corrected chi connectivity index (χ0v) is 5.06. The molecule has 0 aromatic carbocycles. The molecule has 0 bridgehead atoms. The van der Waals surface area contributed by atoms with Crippen LogP contribution in [0.1, 0.15) is 6.42 Å². The minimum atomic E-state index is -0.546. The molecule has 0 aromatic heterocycles. The average Bonchev–Trinajstić information content (AvgIpc) is 1.89. The molecule has 0 aliphatic carbocycles. The highest BCUT2D eigenvalue weighted by Crippen LogP contribution is 1.91. The van der Waals surface area contributed by atoms with E-state index in [9.17, 15) is 0 Å². The predicted octanol–water partition coefficient (Wildman–Crippen LogP) is 1.23. The van der Waals surface area contributed by atoms with Gasteiger partial charge in [0, 0.05) is 11.5 Å². The Morgan fingerprint density at radius 3 is 3.00 bits per heavy atom. The van der Waals surface area contributed by atoms with E-state index in [1.54, 1.807) is 0 Å². The zero-order chi connectivity index (χ0) is 7.11. The van der Waals surface area contributed by atoms with E-state index >= 15 is 0 Å². The van der Waals surface area contributed by atoms with Crippen molar-refractivity contribution in [3.63, 3.8) is 0 Å². The lowest BCUT2D eigenvalue weighted by Gasteiger charge is -1.98. The number of hydrogen-bond donors (Lipinski definition) is 1. The first-order valence-electron chi connectivity index (χ1n) is 2.62. The summed E-state index contributed by atoms with van der Waals surface area (Å²) in [6.07, 6.45) is 1.32. The van der Waals surface area contributed by atoms with Gasteiger partial charge in [-0.05, 0) is 12.0 Å². The van der Waals surface area contributed by atoms with Gasteiger partial charge < -0.3 is 5.11 Å². The van der Waals surface area contributed by atoms with Gasteiger partial charge >= 0.3 is 0 Å². The van der Waals surface area contributed by atoms with Gasteiger partial charge in [0.1, 0.15) is 0 Å². The largest absolute Gasteiger partial charge is 0.389 e. The minimum Gasteiger partial charge on any atom is -0.389 e. The quantitative estimate of drug-likeness (QED) is 0.262. The molecule has 4 nitrogen and oxygen atoms in total. The molecule has 0 saturated heterocycles. The summed E-state index contributed by atoms with van der Waals surface area (Å²) in [5.41, 5.74) is 7.80. The zero-order valence-electron chi connectivity index (χ0n) is 5.06. The molecule has 0 saturated carbocycles. The number of rotatable bonds is 4. The monoisotopic (exact) mass is 127 g/mol. The Morgan fingerprint density at radius 2 is 2.56 bits per heavy atom. The Hall–Kier alpha value is -0.990. The van der Waals surface area contributed by atoms with Crippen LogP contribution in [0.3, 0.4) is 0 Å².